The van der Waals surface area contributed by atoms with E-state index in [2.05, 4.69) is 39.0 Å². The minimum Gasteiger partial charge on any atom is -0.344 e. The zero-order valence-electron chi connectivity index (χ0n) is 7.64. The molecule has 1 radical (unpaired) electrons. The van der Waals surface area contributed by atoms with Crippen LogP contribution in [0.15, 0.2) is 18.2 Å². The fraction of sp³-hybridized carbons (Fsp3) is 0.273. The first-order valence-corrected chi connectivity index (χ1v) is 3.95. The molecule has 63 valence electrons. The SMILES string of the molecule is [CH2-]CCc1ccc(C)cc1[CH2-].[Y]. The van der Waals surface area contributed by atoms with Crippen LogP contribution in [0.1, 0.15) is 23.1 Å². The Labute approximate surface area is 101 Å². The third-order valence-corrected chi connectivity index (χ3v) is 1.81. The monoisotopic (exact) mass is 235 g/mol. The van der Waals surface area contributed by atoms with Crippen LogP contribution in [-0.2, 0) is 39.1 Å². The Hall–Kier alpha value is 0.194. The summed E-state index contributed by atoms with van der Waals surface area (Å²) in [5, 5.41) is 0. The van der Waals surface area contributed by atoms with Crippen molar-refractivity contribution in [3.8, 4) is 0 Å². The van der Waals surface area contributed by atoms with Gasteiger partial charge >= 0.3 is 0 Å². The van der Waals surface area contributed by atoms with Gasteiger partial charge in [-0.15, -0.1) is 18.1 Å². The van der Waals surface area contributed by atoms with Gasteiger partial charge in [-0.1, -0.05) is 13.0 Å². The summed E-state index contributed by atoms with van der Waals surface area (Å²) in [5.41, 5.74) is 3.75. The van der Waals surface area contributed by atoms with E-state index in [4.69, 9.17) is 0 Å². The standard InChI is InChI=1S/C11H14.Y/c1-4-5-11-7-6-9(2)8-10(11)3;/h6-8H,1,3-5H2,2H3;/q-2;. The number of aryl methyl sites for hydroxylation is 2. The predicted octanol–water partition coefficient (Wildman–Crippen LogP) is 2.94. The minimum atomic E-state index is 0. The summed E-state index contributed by atoms with van der Waals surface area (Å²) in [6.45, 7) is 9.87. The number of rotatable bonds is 2. The van der Waals surface area contributed by atoms with Gasteiger partial charge in [0.15, 0.2) is 0 Å². The second kappa shape index (κ2) is 5.77. The van der Waals surface area contributed by atoms with Crippen LogP contribution in [0.5, 0.6) is 0 Å². The quantitative estimate of drug-likeness (QED) is 0.691. The van der Waals surface area contributed by atoms with Crippen molar-refractivity contribution in [1.29, 1.82) is 0 Å². The molecular formula is C11H14Y-2. The predicted molar refractivity (Wildman–Crippen MR) is 49.3 cm³/mol. The van der Waals surface area contributed by atoms with E-state index in [9.17, 15) is 0 Å². The number of hydrogen-bond acceptors (Lipinski definition) is 0. The van der Waals surface area contributed by atoms with Crippen LogP contribution >= 0.6 is 0 Å². The summed E-state index contributed by atoms with van der Waals surface area (Å²) in [4.78, 5) is 0. The third-order valence-electron chi connectivity index (χ3n) is 1.81. The zero-order valence-corrected chi connectivity index (χ0v) is 10.5. The average molecular weight is 235 g/mol. The molecule has 0 saturated carbocycles. The van der Waals surface area contributed by atoms with Crippen LogP contribution in [0.4, 0.5) is 0 Å². The molecule has 1 aromatic rings. The van der Waals surface area contributed by atoms with Gasteiger partial charge in [-0.25, -0.2) is 0 Å². The molecule has 1 aromatic carbocycles. The summed E-state index contributed by atoms with van der Waals surface area (Å²) in [6, 6.07) is 6.38. The molecule has 0 aromatic heterocycles. The molecule has 1 heteroatoms. The summed E-state index contributed by atoms with van der Waals surface area (Å²) >= 11 is 0. The zero-order chi connectivity index (χ0) is 8.27. The van der Waals surface area contributed by atoms with Crippen LogP contribution in [0.3, 0.4) is 0 Å². The summed E-state index contributed by atoms with van der Waals surface area (Å²) < 4.78 is 0. The smallest absolute Gasteiger partial charge is 0 e. The van der Waals surface area contributed by atoms with Crippen LogP contribution in [0, 0.1) is 20.8 Å². The van der Waals surface area contributed by atoms with Gasteiger partial charge in [0.25, 0.3) is 0 Å². The van der Waals surface area contributed by atoms with Crippen molar-refractivity contribution >= 4 is 0 Å². The van der Waals surface area contributed by atoms with Crippen molar-refractivity contribution in [2.24, 2.45) is 0 Å². The van der Waals surface area contributed by atoms with Crippen molar-refractivity contribution in [3.63, 3.8) is 0 Å². The Morgan fingerprint density at radius 1 is 1.33 bits per heavy atom. The van der Waals surface area contributed by atoms with Crippen LogP contribution in [0.25, 0.3) is 0 Å². The average Bonchev–Trinajstić information content (AvgIpc) is 1.95. The Morgan fingerprint density at radius 2 is 2.00 bits per heavy atom. The molecule has 0 atom stereocenters. The van der Waals surface area contributed by atoms with Gasteiger partial charge in [0.05, 0.1) is 0 Å². The maximum Gasteiger partial charge on any atom is 0 e. The molecule has 0 nitrogen and oxygen atoms in total. The molecule has 0 aliphatic carbocycles. The Morgan fingerprint density at radius 3 is 2.50 bits per heavy atom. The van der Waals surface area contributed by atoms with E-state index in [-0.39, 0.29) is 32.7 Å². The van der Waals surface area contributed by atoms with E-state index in [1.54, 1.807) is 0 Å². The van der Waals surface area contributed by atoms with Crippen molar-refractivity contribution in [2.45, 2.75) is 19.8 Å². The largest absolute Gasteiger partial charge is 0.344 e. The van der Waals surface area contributed by atoms with Crippen LogP contribution in [-0.4, -0.2) is 0 Å². The Balaban J connectivity index is 0.00000121. The van der Waals surface area contributed by atoms with Crippen molar-refractivity contribution in [3.05, 3.63) is 48.7 Å². The van der Waals surface area contributed by atoms with Gasteiger partial charge in [-0.05, 0) is 0 Å². The van der Waals surface area contributed by atoms with E-state index in [1.807, 2.05) is 0 Å². The molecule has 0 aliphatic rings. The molecule has 0 amide bonds. The fourth-order valence-electron chi connectivity index (χ4n) is 1.19. The van der Waals surface area contributed by atoms with E-state index in [1.165, 1.54) is 11.1 Å². The summed E-state index contributed by atoms with van der Waals surface area (Å²) in [7, 11) is 0. The van der Waals surface area contributed by atoms with Crippen molar-refractivity contribution < 1.29 is 32.7 Å². The maximum absolute atomic E-state index is 3.97. The molecule has 0 heterocycles. The fourth-order valence-corrected chi connectivity index (χ4v) is 1.19. The maximum atomic E-state index is 3.97. The topological polar surface area (TPSA) is 0 Å². The molecule has 0 N–H and O–H groups in total. The normalized spacial score (nSPS) is 9.17. The third kappa shape index (κ3) is 3.29. The Kier molecular flexibility index (Phi) is 5.87. The molecule has 0 saturated heterocycles. The first-order valence-electron chi connectivity index (χ1n) is 3.95. The van der Waals surface area contributed by atoms with E-state index < -0.39 is 0 Å². The van der Waals surface area contributed by atoms with Crippen LogP contribution in [0.2, 0.25) is 0 Å². The van der Waals surface area contributed by atoms with Crippen LogP contribution < -0.4 is 0 Å². The van der Waals surface area contributed by atoms with E-state index >= 15 is 0 Å². The molecule has 0 unspecified atom stereocenters. The summed E-state index contributed by atoms with van der Waals surface area (Å²) in [6.07, 6.45) is 1.99. The molecule has 0 spiro atoms. The second-order valence-corrected chi connectivity index (χ2v) is 2.88. The van der Waals surface area contributed by atoms with Gasteiger partial charge < -0.3 is 6.92 Å². The van der Waals surface area contributed by atoms with Gasteiger partial charge in [0.1, 0.15) is 0 Å². The second-order valence-electron chi connectivity index (χ2n) is 2.88. The van der Waals surface area contributed by atoms with Gasteiger partial charge in [-0.3, -0.25) is 0 Å². The molecule has 0 aliphatic heterocycles. The molecule has 0 bridgehead atoms. The van der Waals surface area contributed by atoms with Gasteiger partial charge in [-0.2, -0.15) is 30.5 Å². The molecule has 0 fully saturated rings. The molecule has 1 rings (SSSR count). The number of benzene rings is 1. The van der Waals surface area contributed by atoms with Gasteiger partial charge in [0, 0.05) is 32.7 Å². The first kappa shape index (κ1) is 12.2. The van der Waals surface area contributed by atoms with E-state index in [0.29, 0.717) is 0 Å². The van der Waals surface area contributed by atoms with Gasteiger partial charge in [0.2, 0.25) is 0 Å². The molecule has 12 heavy (non-hydrogen) atoms. The Bertz CT molecular complexity index is 241. The van der Waals surface area contributed by atoms with Crippen molar-refractivity contribution in [1.82, 2.24) is 0 Å². The number of hydrogen-bond donors (Lipinski definition) is 0. The summed E-state index contributed by atoms with van der Waals surface area (Å²) in [5.74, 6) is 0. The van der Waals surface area contributed by atoms with Crippen molar-refractivity contribution in [2.75, 3.05) is 0 Å². The van der Waals surface area contributed by atoms with E-state index in [0.717, 1.165) is 18.4 Å². The minimum absolute atomic E-state index is 0. The first-order chi connectivity index (χ1) is 5.24. The molecular weight excluding hydrogens is 221 g/mol.